The van der Waals surface area contributed by atoms with E-state index in [2.05, 4.69) is 19.2 Å². The summed E-state index contributed by atoms with van der Waals surface area (Å²) in [4.78, 5) is 14.6. The van der Waals surface area contributed by atoms with E-state index in [9.17, 15) is 13.2 Å². The van der Waals surface area contributed by atoms with Gasteiger partial charge in [0.05, 0.1) is 16.3 Å². The van der Waals surface area contributed by atoms with Gasteiger partial charge in [0.25, 0.3) is 5.91 Å². The normalized spacial score (nSPS) is 11.6. The minimum Gasteiger partial charge on any atom is -0.483 e. The van der Waals surface area contributed by atoms with Crippen molar-refractivity contribution in [2.75, 3.05) is 44.0 Å². The predicted molar refractivity (Wildman–Crippen MR) is 126 cm³/mol. The van der Waals surface area contributed by atoms with Crippen molar-refractivity contribution in [2.24, 2.45) is 0 Å². The van der Waals surface area contributed by atoms with Crippen molar-refractivity contribution in [3.8, 4) is 5.75 Å². The summed E-state index contributed by atoms with van der Waals surface area (Å²) in [6.07, 6.45) is 0. The number of para-hydroxylation sites is 1. The minimum atomic E-state index is -3.64. The molecule has 1 N–H and O–H groups in total. The molecule has 0 aliphatic rings. The predicted octanol–water partition coefficient (Wildman–Crippen LogP) is 3.92. The molecule has 2 aromatic carbocycles. The fourth-order valence-corrected chi connectivity index (χ4v) is 4.78. The van der Waals surface area contributed by atoms with Gasteiger partial charge < -0.3 is 15.0 Å². The summed E-state index contributed by atoms with van der Waals surface area (Å²) in [6, 6.07) is 12.4. The van der Waals surface area contributed by atoms with E-state index in [-0.39, 0.29) is 23.3 Å². The SMILES string of the molecule is CCN(CC)S(=O)(=O)c1ccc(N(C)C)c(NC(=O)COc2ccccc2C(C)C)c1. The van der Waals surface area contributed by atoms with Crippen molar-refractivity contribution in [1.29, 1.82) is 0 Å². The molecule has 0 bridgehead atoms. The van der Waals surface area contributed by atoms with Gasteiger partial charge in [0, 0.05) is 27.2 Å². The van der Waals surface area contributed by atoms with Crippen molar-refractivity contribution in [2.45, 2.75) is 38.5 Å². The molecular formula is C23H33N3O4S. The molecule has 1 amide bonds. The van der Waals surface area contributed by atoms with Crippen LogP contribution in [0.1, 0.15) is 39.2 Å². The van der Waals surface area contributed by atoms with Gasteiger partial charge in [-0.25, -0.2) is 8.42 Å². The van der Waals surface area contributed by atoms with Gasteiger partial charge in [-0.05, 0) is 35.7 Å². The molecule has 0 radical (unpaired) electrons. The van der Waals surface area contributed by atoms with E-state index in [1.165, 1.54) is 10.4 Å². The molecule has 2 aromatic rings. The van der Waals surface area contributed by atoms with E-state index in [1.54, 1.807) is 26.0 Å². The highest BCUT2D eigenvalue weighted by Gasteiger charge is 2.23. The van der Waals surface area contributed by atoms with Gasteiger partial charge in [0.15, 0.2) is 6.61 Å². The van der Waals surface area contributed by atoms with E-state index >= 15 is 0 Å². The fourth-order valence-electron chi connectivity index (χ4n) is 3.30. The van der Waals surface area contributed by atoms with E-state index < -0.39 is 10.0 Å². The Morgan fingerprint density at radius 1 is 1.06 bits per heavy atom. The van der Waals surface area contributed by atoms with E-state index in [1.807, 2.05) is 43.3 Å². The first-order chi connectivity index (χ1) is 14.6. The topological polar surface area (TPSA) is 79.0 Å². The summed E-state index contributed by atoms with van der Waals surface area (Å²) < 4.78 is 32.9. The van der Waals surface area contributed by atoms with Crippen molar-refractivity contribution in [3.05, 3.63) is 48.0 Å². The van der Waals surface area contributed by atoms with Gasteiger partial charge in [-0.1, -0.05) is 45.9 Å². The van der Waals surface area contributed by atoms with Crippen LogP contribution in [0.15, 0.2) is 47.4 Å². The number of rotatable bonds is 10. The first-order valence-electron chi connectivity index (χ1n) is 10.4. The van der Waals surface area contributed by atoms with Gasteiger partial charge in [-0.2, -0.15) is 4.31 Å². The van der Waals surface area contributed by atoms with Crippen LogP contribution in [0.3, 0.4) is 0 Å². The number of benzene rings is 2. The number of anilines is 2. The monoisotopic (exact) mass is 447 g/mol. The maximum Gasteiger partial charge on any atom is 0.262 e. The molecule has 7 nitrogen and oxygen atoms in total. The zero-order valence-corrected chi connectivity index (χ0v) is 20.0. The largest absolute Gasteiger partial charge is 0.483 e. The molecule has 0 spiro atoms. The Morgan fingerprint density at radius 2 is 1.71 bits per heavy atom. The van der Waals surface area contributed by atoms with Crippen LogP contribution >= 0.6 is 0 Å². The second kappa shape index (κ2) is 10.6. The Hall–Kier alpha value is -2.58. The standard InChI is InChI=1S/C23H33N3O4S/c1-7-26(8-2)31(28,29)18-13-14-21(25(5)6)20(15-18)24-23(27)16-30-22-12-10-9-11-19(22)17(3)4/h9-15,17H,7-8,16H2,1-6H3,(H,24,27). The van der Waals surface area contributed by atoms with Crippen LogP contribution in [0, 0.1) is 0 Å². The third-order valence-corrected chi connectivity index (χ3v) is 7.01. The number of nitrogens with zero attached hydrogens (tertiary/aromatic N) is 2. The number of hydrogen-bond donors (Lipinski definition) is 1. The summed E-state index contributed by atoms with van der Waals surface area (Å²) in [5, 5.41) is 2.81. The highest BCUT2D eigenvalue weighted by atomic mass is 32.2. The van der Waals surface area contributed by atoms with Crippen LogP contribution in [-0.4, -0.2) is 52.4 Å². The average molecular weight is 448 g/mol. The summed E-state index contributed by atoms with van der Waals surface area (Å²) in [7, 11) is 0.0244. The average Bonchev–Trinajstić information content (AvgIpc) is 2.72. The van der Waals surface area contributed by atoms with E-state index in [4.69, 9.17) is 4.74 Å². The van der Waals surface area contributed by atoms with Crippen LogP contribution in [0.5, 0.6) is 5.75 Å². The van der Waals surface area contributed by atoms with Crippen molar-refractivity contribution in [3.63, 3.8) is 0 Å². The summed E-state index contributed by atoms with van der Waals surface area (Å²) in [5.74, 6) is 0.568. The van der Waals surface area contributed by atoms with E-state index in [0.717, 1.165) is 5.56 Å². The molecule has 0 unspecified atom stereocenters. The Balaban J connectivity index is 2.26. The maximum atomic E-state index is 12.9. The number of amides is 1. The fraction of sp³-hybridized carbons (Fsp3) is 0.435. The minimum absolute atomic E-state index is 0.142. The molecule has 0 heterocycles. The zero-order chi connectivity index (χ0) is 23.2. The van der Waals surface area contributed by atoms with Gasteiger partial charge in [0.1, 0.15) is 5.75 Å². The number of hydrogen-bond acceptors (Lipinski definition) is 5. The Bertz CT molecular complexity index is 1000. The first-order valence-corrected chi connectivity index (χ1v) is 11.9. The molecule has 0 aliphatic carbocycles. The lowest BCUT2D eigenvalue weighted by Gasteiger charge is -2.22. The second-order valence-electron chi connectivity index (χ2n) is 7.69. The van der Waals surface area contributed by atoms with Crippen LogP contribution in [0.2, 0.25) is 0 Å². The van der Waals surface area contributed by atoms with Gasteiger partial charge in [0.2, 0.25) is 10.0 Å². The number of nitrogens with one attached hydrogen (secondary N) is 1. The van der Waals surface area contributed by atoms with Gasteiger partial charge in [-0.3, -0.25) is 4.79 Å². The van der Waals surface area contributed by atoms with Gasteiger partial charge in [-0.15, -0.1) is 0 Å². The Morgan fingerprint density at radius 3 is 2.29 bits per heavy atom. The molecule has 0 aromatic heterocycles. The second-order valence-corrected chi connectivity index (χ2v) is 9.63. The highest BCUT2D eigenvalue weighted by molar-refractivity contribution is 7.89. The summed E-state index contributed by atoms with van der Waals surface area (Å²) >= 11 is 0. The van der Waals surface area contributed by atoms with Crippen LogP contribution in [-0.2, 0) is 14.8 Å². The molecule has 170 valence electrons. The molecule has 0 aliphatic heterocycles. The number of ether oxygens (including phenoxy) is 1. The Labute approximate surface area is 186 Å². The molecule has 0 atom stereocenters. The molecule has 0 saturated heterocycles. The first kappa shape index (κ1) is 24.7. The number of carbonyl (C=O) groups is 1. The zero-order valence-electron chi connectivity index (χ0n) is 19.2. The maximum absolute atomic E-state index is 12.9. The van der Waals surface area contributed by atoms with Crippen molar-refractivity contribution in [1.82, 2.24) is 4.31 Å². The third kappa shape index (κ3) is 5.98. The summed E-state index contributed by atoms with van der Waals surface area (Å²) in [6.45, 7) is 8.29. The quantitative estimate of drug-likeness (QED) is 0.597. The van der Waals surface area contributed by atoms with Crippen molar-refractivity contribution >= 4 is 27.3 Å². The number of carbonyl (C=O) groups excluding carboxylic acids is 1. The lowest BCUT2D eigenvalue weighted by molar-refractivity contribution is -0.118. The molecule has 8 heteroatoms. The smallest absolute Gasteiger partial charge is 0.262 e. The Kier molecular flexibility index (Phi) is 8.47. The van der Waals surface area contributed by atoms with Crippen LogP contribution < -0.4 is 15.0 Å². The number of sulfonamides is 1. The molecular weight excluding hydrogens is 414 g/mol. The van der Waals surface area contributed by atoms with Crippen molar-refractivity contribution < 1.29 is 17.9 Å². The molecule has 0 saturated carbocycles. The third-order valence-electron chi connectivity index (χ3n) is 4.97. The molecule has 2 rings (SSSR count). The van der Waals surface area contributed by atoms with Crippen LogP contribution in [0.4, 0.5) is 11.4 Å². The molecule has 0 fully saturated rings. The van der Waals surface area contributed by atoms with Gasteiger partial charge >= 0.3 is 0 Å². The highest BCUT2D eigenvalue weighted by Crippen LogP contribution is 2.29. The lowest BCUT2D eigenvalue weighted by atomic mass is 10.0. The summed E-state index contributed by atoms with van der Waals surface area (Å²) in [5.41, 5.74) is 2.15. The van der Waals surface area contributed by atoms with Crippen LogP contribution in [0.25, 0.3) is 0 Å². The van der Waals surface area contributed by atoms with E-state index in [0.29, 0.717) is 30.2 Å². The lowest BCUT2D eigenvalue weighted by Crippen LogP contribution is -2.31. The molecule has 31 heavy (non-hydrogen) atoms.